The van der Waals surface area contributed by atoms with Crippen molar-refractivity contribution in [3.63, 3.8) is 0 Å². The Morgan fingerprint density at radius 3 is 2.13 bits per heavy atom. The first kappa shape index (κ1) is 11.6. The molecule has 15 heavy (non-hydrogen) atoms. The maximum Gasteiger partial charge on any atom is 0.145 e. The van der Waals surface area contributed by atoms with Crippen LogP contribution in [0.4, 0.5) is 11.6 Å². The third-order valence-electron chi connectivity index (χ3n) is 1.97. The molecule has 0 amide bonds. The number of anilines is 2. The van der Waals surface area contributed by atoms with Gasteiger partial charge in [-0.3, -0.25) is 0 Å². The Morgan fingerprint density at radius 2 is 1.73 bits per heavy atom. The average Bonchev–Trinajstić information content (AvgIpc) is 2.29. The van der Waals surface area contributed by atoms with Gasteiger partial charge in [-0.2, -0.15) is 0 Å². The van der Waals surface area contributed by atoms with Gasteiger partial charge >= 0.3 is 0 Å². The van der Waals surface area contributed by atoms with Crippen molar-refractivity contribution < 1.29 is 15.3 Å². The zero-order valence-corrected chi connectivity index (χ0v) is 8.09. The van der Waals surface area contributed by atoms with Crippen LogP contribution in [0.1, 0.15) is 0 Å². The normalized spacial score (nSPS) is 11.4. The molecule has 1 rings (SSSR count). The third kappa shape index (κ3) is 2.75. The van der Waals surface area contributed by atoms with E-state index in [1.807, 2.05) is 0 Å². The summed E-state index contributed by atoms with van der Waals surface area (Å²) in [4.78, 5) is 7.65. The number of nitrogen functional groups attached to an aromatic ring is 1. The molecule has 0 aliphatic carbocycles. The Labute approximate surface area is 86.6 Å². The first-order chi connectivity index (χ1) is 7.15. The lowest BCUT2D eigenvalue weighted by Crippen LogP contribution is -2.49. The van der Waals surface area contributed by atoms with E-state index in [4.69, 9.17) is 21.1 Å². The highest BCUT2D eigenvalue weighted by Gasteiger charge is 2.28. The molecule has 0 aliphatic heterocycles. The van der Waals surface area contributed by atoms with Crippen molar-refractivity contribution in [1.29, 1.82) is 0 Å². The van der Waals surface area contributed by atoms with Crippen LogP contribution in [0, 0.1) is 0 Å². The van der Waals surface area contributed by atoms with Gasteiger partial charge in [0.1, 0.15) is 17.2 Å². The molecule has 0 bridgehead atoms. The van der Waals surface area contributed by atoms with Gasteiger partial charge in [-0.25, -0.2) is 9.97 Å². The highest BCUT2D eigenvalue weighted by molar-refractivity contribution is 5.39. The molecular weight excluding hydrogens is 200 g/mol. The van der Waals surface area contributed by atoms with Crippen LogP contribution in [0.5, 0.6) is 0 Å². The molecule has 6 N–H and O–H groups in total. The molecule has 1 aromatic heterocycles. The van der Waals surface area contributed by atoms with E-state index in [0.29, 0.717) is 5.82 Å². The van der Waals surface area contributed by atoms with E-state index in [9.17, 15) is 0 Å². The predicted octanol–water partition coefficient (Wildman–Crippen LogP) is -1.81. The number of aromatic nitrogens is 2. The minimum atomic E-state index is -1.20. The van der Waals surface area contributed by atoms with E-state index in [2.05, 4.69) is 15.3 Å². The van der Waals surface area contributed by atoms with Gasteiger partial charge in [0.2, 0.25) is 0 Å². The van der Waals surface area contributed by atoms with Crippen molar-refractivity contribution >= 4 is 11.6 Å². The molecule has 0 fully saturated rings. The van der Waals surface area contributed by atoms with Crippen LogP contribution in [0.2, 0.25) is 0 Å². The molecule has 0 radical (unpaired) electrons. The summed E-state index contributed by atoms with van der Waals surface area (Å²) in [5.74, 6) is 0.587. The standard InChI is InChI=1S/C8H14N4O3/c9-6-1-11-7(2-10-6)12-8(3-13,4-14)5-15/h1-2,13-15H,3-5H2,(H2,9,10)(H,11,12). The smallest absolute Gasteiger partial charge is 0.145 e. The lowest BCUT2D eigenvalue weighted by molar-refractivity contribution is 0.0831. The third-order valence-corrected chi connectivity index (χ3v) is 1.97. The summed E-state index contributed by atoms with van der Waals surface area (Å²) < 4.78 is 0. The van der Waals surface area contributed by atoms with Gasteiger partial charge < -0.3 is 26.4 Å². The number of hydrogen-bond acceptors (Lipinski definition) is 7. The topological polar surface area (TPSA) is 125 Å². The van der Waals surface area contributed by atoms with Crippen molar-refractivity contribution in [1.82, 2.24) is 9.97 Å². The lowest BCUT2D eigenvalue weighted by Gasteiger charge is -2.28. The average molecular weight is 214 g/mol. The van der Waals surface area contributed by atoms with Gasteiger partial charge in [0, 0.05) is 0 Å². The Hall–Kier alpha value is -1.44. The number of hydrogen-bond donors (Lipinski definition) is 5. The van der Waals surface area contributed by atoms with Crippen molar-refractivity contribution in [3.8, 4) is 0 Å². The zero-order chi connectivity index (χ0) is 11.3. The number of aliphatic hydroxyl groups is 3. The van der Waals surface area contributed by atoms with E-state index in [1.165, 1.54) is 12.4 Å². The molecule has 84 valence electrons. The van der Waals surface area contributed by atoms with E-state index >= 15 is 0 Å². The summed E-state index contributed by atoms with van der Waals surface area (Å²) >= 11 is 0. The molecule has 0 atom stereocenters. The summed E-state index contributed by atoms with van der Waals surface area (Å²) in [5, 5.41) is 29.8. The molecule has 1 aromatic rings. The van der Waals surface area contributed by atoms with Crippen molar-refractivity contribution in [2.24, 2.45) is 0 Å². The Balaban J connectivity index is 2.78. The molecule has 0 saturated heterocycles. The van der Waals surface area contributed by atoms with Gasteiger partial charge in [0.25, 0.3) is 0 Å². The maximum atomic E-state index is 9.04. The fourth-order valence-electron chi connectivity index (χ4n) is 0.943. The van der Waals surface area contributed by atoms with Gasteiger partial charge in [-0.1, -0.05) is 0 Å². The predicted molar refractivity (Wildman–Crippen MR) is 54.1 cm³/mol. The van der Waals surface area contributed by atoms with E-state index in [-0.39, 0.29) is 5.82 Å². The highest BCUT2D eigenvalue weighted by Crippen LogP contribution is 2.11. The van der Waals surface area contributed by atoms with Crippen LogP contribution in [0.25, 0.3) is 0 Å². The Kier molecular flexibility index (Phi) is 3.78. The van der Waals surface area contributed by atoms with Gasteiger partial charge in [-0.15, -0.1) is 0 Å². The molecule has 0 aromatic carbocycles. The number of aliphatic hydroxyl groups excluding tert-OH is 3. The first-order valence-corrected chi connectivity index (χ1v) is 4.34. The molecule has 7 nitrogen and oxygen atoms in total. The fraction of sp³-hybridized carbons (Fsp3) is 0.500. The maximum absolute atomic E-state index is 9.04. The van der Waals surface area contributed by atoms with Crippen molar-refractivity contribution in [2.75, 3.05) is 30.9 Å². The summed E-state index contributed by atoms with van der Waals surface area (Å²) in [6.07, 6.45) is 2.68. The highest BCUT2D eigenvalue weighted by atomic mass is 16.3. The molecule has 1 heterocycles. The molecule has 0 spiro atoms. The Morgan fingerprint density at radius 1 is 1.13 bits per heavy atom. The number of rotatable bonds is 5. The van der Waals surface area contributed by atoms with E-state index < -0.39 is 25.4 Å². The number of nitrogens with one attached hydrogen (secondary N) is 1. The van der Waals surface area contributed by atoms with Crippen molar-refractivity contribution in [2.45, 2.75) is 5.54 Å². The lowest BCUT2D eigenvalue weighted by atomic mass is 10.0. The van der Waals surface area contributed by atoms with Crippen LogP contribution in [-0.4, -0.2) is 50.6 Å². The second-order valence-corrected chi connectivity index (χ2v) is 3.21. The summed E-state index contributed by atoms with van der Waals surface area (Å²) in [7, 11) is 0. The van der Waals surface area contributed by atoms with Crippen LogP contribution < -0.4 is 11.1 Å². The van der Waals surface area contributed by atoms with Gasteiger partial charge in [-0.05, 0) is 0 Å². The summed E-state index contributed by atoms with van der Waals surface area (Å²) in [5.41, 5.74) is 4.13. The first-order valence-electron chi connectivity index (χ1n) is 4.34. The zero-order valence-electron chi connectivity index (χ0n) is 8.09. The monoisotopic (exact) mass is 214 g/mol. The van der Waals surface area contributed by atoms with Gasteiger partial charge in [0.05, 0.1) is 32.2 Å². The Bertz CT molecular complexity index is 291. The van der Waals surface area contributed by atoms with Crippen LogP contribution >= 0.6 is 0 Å². The molecule has 0 saturated carbocycles. The quantitative estimate of drug-likeness (QED) is 0.391. The SMILES string of the molecule is Nc1cnc(NC(CO)(CO)CO)cn1. The van der Waals surface area contributed by atoms with E-state index in [0.717, 1.165) is 0 Å². The summed E-state index contributed by atoms with van der Waals surface area (Å²) in [6.45, 7) is -1.27. The van der Waals surface area contributed by atoms with Crippen molar-refractivity contribution in [3.05, 3.63) is 12.4 Å². The number of nitrogens with zero attached hydrogens (tertiary/aromatic N) is 2. The molecule has 0 unspecified atom stereocenters. The minimum Gasteiger partial charge on any atom is -0.394 e. The largest absolute Gasteiger partial charge is 0.394 e. The number of nitrogens with two attached hydrogens (primary N) is 1. The fourth-order valence-corrected chi connectivity index (χ4v) is 0.943. The van der Waals surface area contributed by atoms with E-state index in [1.54, 1.807) is 0 Å². The van der Waals surface area contributed by atoms with Crippen LogP contribution in [0.15, 0.2) is 12.4 Å². The van der Waals surface area contributed by atoms with Crippen LogP contribution in [-0.2, 0) is 0 Å². The molecule has 0 aliphatic rings. The second-order valence-electron chi connectivity index (χ2n) is 3.21. The van der Waals surface area contributed by atoms with Crippen LogP contribution in [0.3, 0.4) is 0 Å². The molecule has 7 heteroatoms. The molecular formula is C8H14N4O3. The van der Waals surface area contributed by atoms with Gasteiger partial charge in [0.15, 0.2) is 0 Å². The second kappa shape index (κ2) is 4.87. The minimum absolute atomic E-state index is 0.267. The summed E-state index contributed by atoms with van der Waals surface area (Å²) in [6, 6.07) is 0.